The number of carboxylic acid groups (broad SMARTS) is 1. The van der Waals surface area contributed by atoms with E-state index < -0.39 is 35.5 Å². The van der Waals surface area contributed by atoms with Crippen molar-refractivity contribution in [3.05, 3.63) is 59.5 Å². The molecule has 0 radical (unpaired) electrons. The van der Waals surface area contributed by atoms with Crippen LogP contribution in [0, 0.1) is 17.5 Å². The van der Waals surface area contributed by atoms with E-state index in [-0.39, 0.29) is 23.5 Å². The molecule has 1 aliphatic heterocycles. The Morgan fingerprint density at radius 3 is 2.56 bits per heavy atom. The van der Waals surface area contributed by atoms with Crippen LogP contribution in [0.5, 0.6) is 0 Å². The molecule has 1 aromatic rings. The summed E-state index contributed by atoms with van der Waals surface area (Å²) in [6.45, 7) is 4.88. The number of carbonyl (C=O) groups excluding carboxylic acids is 1. The predicted octanol–water partition coefficient (Wildman–Crippen LogP) is 3.74. The number of hydrogen-bond acceptors (Lipinski definition) is 2. The van der Waals surface area contributed by atoms with Gasteiger partial charge in [0.2, 0.25) is 5.91 Å². The maximum absolute atomic E-state index is 14.2. The Labute approximate surface area is 143 Å². The maximum atomic E-state index is 14.2. The molecule has 0 aromatic heterocycles. The number of benzene rings is 1. The van der Waals surface area contributed by atoms with Crippen molar-refractivity contribution in [2.24, 2.45) is 0 Å². The highest BCUT2D eigenvalue weighted by molar-refractivity contribution is 5.86. The summed E-state index contributed by atoms with van der Waals surface area (Å²) in [6, 6.07) is 0.560. The van der Waals surface area contributed by atoms with Gasteiger partial charge in [0, 0.05) is 17.6 Å². The van der Waals surface area contributed by atoms with Crippen LogP contribution < -0.4 is 0 Å². The highest BCUT2D eigenvalue weighted by Crippen LogP contribution is 2.39. The number of nitrogens with zero attached hydrogens (tertiary/aromatic N) is 1. The number of carboxylic acids is 1. The van der Waals surface area contributed by atoms with Gasteiger partial charge in [-0.15, -0.1) is 6.58 Å². The summed E-state index contributed by atoms with van der Waals surface area (Å²) < 4.78 is 40.9. The average Bonchev–Trinajstić information content (AvgIpc) is 2.96. The summed E-state index contributed by atoms with van der Waals surface area (Å²) in [6.07, 6.45) is 3.46. The fraction of sp³-hybridized carbons (Fsp3) is 0.333. The summed E-state index contributed by atoms with van der Waals surface area (Å²) in [7, 11) is 0. The normalized spacial score (nSPS) is 20.6. The van der Waals surface area contributed by atoms with Gasteiger partial charge in [-0.2, -0.15) is 0 Å². The van der Waals surface area contributed by atoms with Crippen molar-refractivity contribution in [2.75, 3.05) is 0 Å². The molecule has 1 aliphatic rings. The molecular weight excluding hydrogens is 335 g/mol. The Morgan fingerprint density at radius 2 is 1.96 bits per heavy atom. The van der Waals surface area contributed by atoms with E-state index in [1.807, 2.05) is 0 Å². The Morgan fingerprint density at radius 1 is 1.28 bits per heavy atom. The second kappa shape index (κ2) is 7.55. The van der Waals surface area contributed by atoms with Gasteiger partial charge in [0.05, 0.1) is 12.1 Å². The van der Waals surface area contributed by atoms with Gasteiger partial charge in [0.1, 0.15) is 0 Å². The number of likely N-dealkylation sites (tertiary alicyclic amines) is 1. The molecule has 7 heteroatoms. The summed E-state index contributed by atoms with van der Waals surface area (Å²) in [5.41, 5.74) is -0.0759. The van der Waals surface area contributed by atoms with E-state index in [0.717, 1.165) is 12.1 Å². The van der Waals surface area contributed by atoms with Crippen LogP contribution in [0.2, 0.25) is 0 Å². The molecule has 25 heavy (non-hydrogen) atoms. The highest BCUT2D eigenvalue weighted by Gasteiger charge is 2.38. The third-order valence-electron chi connectivity index (χ3n) is 4.24. The van der Waals surface area contributed by atoms with Gasteiger partial charge in [-0.1, -0.05) is 18.2 Å². The molecule has 1 amide bonds. The van der Waals surface area contributed by atoms with E-state index in [4.69, 9.17) is 5.11 Å². The summed E-state index contributed by atoms with van der Waals surface area (Å²) in [4.78, 5) is 24.8. The van der Waals surface area contributed by atoms with Crippen molar-refractivity contribution >= 4 is 11.9 Å². The molecule has 1 N–H and O–H groups in total. The molecule has 2 atom stereocenters. The van der Waals surface area contributed by atoms with Crippen molar-refractivity contribution in [1.29, 1.82) is 0 Å². The molecule has 0 spiro atoms. The molecule has 134 valence electrons. The first kappa shape index (κ1) is 18.8. The van der Waals surface area contributed by atoms with E-state index in [2.05, 4.69) is 6.58 Å². The minimum atomic E-state index is -1.59. The topological polar surface area (TPSA) is 57.6 Å². The maximum Gasteiger partial charge on any atom is 0.331 e. The summed E-state index contributed by atoms with van der Waals surface area (Å²) in [5, 5.41) is 9.03. The first-order valence-corrected chi connectivity index (χ1v) is 7.75. The lowest BCUT2D eigenvalue weighted by atomic mass is 10.0. The molecule has 0 bridgehead atoms. The lowest BCUT2D eigenvalue weighted by molar-refractivity contribution is -0.134. The van der Waals surface area contributed by atoms with E-state index >= 15 is 0 Å². The van der Waals surface area contributed by atoms with Crippen molar-refractivity contribution < 1.29 is 27.9 Å². The molecule has 0 aliphatic carbocycles. The first-order chi connectivity index (χ1) is 11.8. The van der Waals surface area contributed by atoms with E-state index in [9.17, 15) is 22.8 Å². The van der Waals surface area contributed by atoms with Gasteiger partial charge in [-0.25, -0.2) is 18.0 Å². The van der Waals surface area contributed by atoms with Crippen LogP contribution in [-0.2, 0) is 9.59 Å². The van der Waals surface area contributed by atoms with Gasteiger partial charge in [-0.05, 0) is 25.8 Å². The Kier molecular flexibility index (Phi) is 5.66. The monoisotopic (exact) mass is 353 g/mol. The number of aliphatic carboxylic acids is 1. The molecule has 0 unspecified atom stereocenters. The Bertz CT molecular complexity index is 745. The van der Waals surface area contributed by atoms with Crippen molar-refractivity contribution in [2.45, 2.75) is 38.3 Å². The lowest BCUT2D eigenvalue weighted by Gasteiger charge is -2.29. The largest absolute Gasteiger partial charge is 0.478 e. The van der Waals surface area contributed by atoms with Crippen molar-refractivity contribution in [3.63, 3.8) is 0 Å². The number of carbonyl (C=O) groups is 2. The fourth-order valence-electron chi connectivity index (χ4n) is 3.05. The smallest absolute Gasteiger partial charge is 0.331 e. The summed E-state index contributed by atoms with van der Waals surface area (Å²) in [5.74, 6) is -5.74. The standard InChI is InChI=1S/C18H18F3NO3/c1-3-4-15(23)22-11(9-10(2)18(24)25)5-8-14(22)12-6-7-13(19)17(21)16(12)20/h3,6-7,9,11,14H,1,4-5,8H2,2H3,(H,24,25)/t11-,14+/m1/s1. The van der Waals surface area contributed by atoms with E-state index in [1.54, 1.807) is 0 Å². The number of rotatable bonds is 5. The van der Waals surface area contributed by atoms with Crippen molar-refractivity contribution in [3.8, 4) is 0 Å². The molecule has 0 saturated carbocycles. The SMILES string of the molecule is C=CCC(=O)N1[C@@H](C=C(C)C(=O)O)CC[C@H]1c1ccc(F)c(F)c1F. The first-order valence-electron chi connectivity index (χ1n) is 7.75. The van der Waals surface area contributed by atoms with E-state index in [0.29, 0.717) is 12.8 Å². The minimum absolute atomic E-state index is 0.0295. The second-order valence-corrected chi connectivity index (χ2v) is 5.87. The zero-order chi connectivity index (χ0) is 18.7. The van der Waals surface area contributed by atoms with E-state index in [1.165, 1.54) is 24.0 Å². The molecule has 1 aromatic carbocycles. The quantitative estimate of drug-likeness (QED) is 0.498. The molecule has 1 fully saturated rings. The fourth-order valence-corrected chi connectivity index (χ4v) is 3.05. The second-order valence-electron chi connectivity index (χ2n) is 5.87. The van der Waals surface area contributed by atoms with Gasteiger partial charge in [0.25, 0.3) is 0 Å². The van der Waals surface area contributed by atoms with Crippen LogP contribution in [0.3, 0.4) is 0 Å². The third kappa shape index (κ3) is 3.75. The van der Waals surface area contributed by atoms with Gasteiger partial charge in [-0.3, -0.25) is 4.79 Å². The average molecular weight is 353 g/mol. The van der Waals surface area contributed by atoms with Crippen molar-refractivity contribution in [1.82, 2.24) is 4.90 Å². The van der Waals surface area contributed by atoms with Crippen LogP contribution in [0.15, 0.2) is 36.4 Å². The van der Waals surface area contributed by atoms with Crippen LogP contribution in [0.25, 0.3) is 0 Å². The van der Waals surface area contributed by atoms with Gasteiger partial charge < -0.3 is 10.0 Å². The zero-order valence-corrected chi connectivity index (χ0v) is 13.6. The number of halogens is 3. The van der Waals surface area contributed by atoms with Crippen LogP contribution in [-0.4, -0.2) is 27.9 Å². The Hall–Kier alpha value is -2.57. The van der Waals surface area contributed by atoms with Crippen LogP contribution in [0.1, 0.15) is 37.8 Å². The Balaban J connectivity index is 2.45. The number of amides is 1. The van der Waals surface area contributed by atoms with Crippen LogP contribution >= 0.6 is 0 Å². The third-order valence-corrected chi connectivity index (χ3v) is 4.24. The highest BCUT2D eigenvalue weighted by atomic mass is 19.2. The molecule has 2 rings (SSSR count). The number of hydrogen-bond donors (Lipinski definition) is 1. The van der Waals surface area contributed by atoms with Gasteiger partial charge in [0.15, 0.2) is 17.5 Å². The molecule has 1 heterocycles. The van der Waals surface area contributed by atoms with Gasteiger partial charge >= 0.3 is 5.97 Å². The summed E-state index contributed by atoms with van der Waals surface area (Å²) >= 11 is 0. The molecular formula is C18H18F3NO3. The minimum Gasteiger partial charge on any atom is -0.478 e. The predicted molar refractivity (Wildman–Crippen MR) is 85.1 cm³/mol. The lowest BCUT2D eigenvalue weighted by Crippen LogP contribution is -2.36. The molecule has 4 nitrogen and oxygen atoms in total. The van der Waals surface area contributed by atoms with Crippen LogP contribution in [0.4, 0.5) is 13.2 Å². The zero-order valence-electron chi connectivity index (χ0n) is 13.6. The molecule has 1 saturated heterocycles.